The lowest BCUT2D eigenvalue weighted by Gasteiger charge is -2.14. The molecule has 0 aliphatic rings. The molecule has 0 aliphatic carbocycles. The van der Waals surface area contributed by atoms with Crippen molar-refractivity contribution < 1.29 is 9.18 Å². The molecule has 0 aromatic heterocycles. The van der Waals surface area contributed by atoms with E-state index in [9.17, 15) is 9.18 Å². The van der Waals surface area contributed by atoms with Gasteiger partial charge in [-0.1, -0.05) is 23.7 Å². The molecule has 110 valence electrons. The van der Waals surface area contributed by atoms with Crippen molar-refractivity contribution in [2.75, 3.05) is 11.9 Å². The summed E-state index contributed by atoms with van der Waals surface area (Å²) in [5.74, 6) is -0.452. The third kappa shape index (κ3) is 4.85. The lowest BCUT2D eigenvalue weighted by molar-refractivity contribution is -0.115. The van der Waals surface area contributed by atoms with Crippen LogP contribution in [0.1, 0.15) is 18.5 Å². The van der Waals surface area contributed by atoms with E-state index in [0.29, 0.717) is 10.7 Å². The first kappa shape index (κ1) is 15.5. The standard InChI is InChI=1S/C16H16ClFN2O/c1-11(12-3-2-4-14(18)9-12)19-10-16(21)20-15-7-5-13(17)6-8-15/h2-9,11,19H,10H2,1H3,(H,20,21). The fourth-order valence-corrected chi connectivity index (χ4v) is 2.00. The van der Waals surface area contributed by atoms with Gasteiger partial charge in [-0.2, -0.15) is 0 Å². The summed E-state index contributed by atoms with van der Waals surface area (Å²) in [4.78, 5) is 11.8. The van der Waals surface area contributed by atoms with Crippen molar-refractivity contribution in [1.82, 2.24) is 5.32 Å². The normalized spacial score (nSPS) is 12.0. The molecule has 5 heteroatoms. The Kier molecular flexibility index (Phi) is 5.31. The Balaban J connectivity index is 1.84. The number of amides is 1. The number of rotatable bonds is 5. The largest absolute Gasteiger partial charge is 0.325 e. The first-order valence-electron chi connectivity index (χ1n) is 6.59. The number of carbonyl (C=O) groups excluding carboxylic acids is 1. The molecule has 21 heavy (non-hydrogen) atoms. The number of benzene rings is 2. The predicted molar refractivity (Wildman–Crippen MR) is 82.9 cm³/mol. The Bertz CT molecular complexity index is 616. The molecule has 3 nitrogen and oxygen atoms in total. The van der Waals surface area contributed by atoms with Crippen LogP contribution in [0.4, 0.5) is 10.1 Å². The zero-order valence-corrected chi connectivity index (χ0v) is 12.3. The second-order valence-electron chi connectivity index (χ2n) is 4.71. The van der Waals surface area contributed by atoms with Crippen molar-refractivity contribution in [3.63, 3.8) is 0 Å². The quantitative estimate of drug-likeness (QED) is 0.883. The molecular formula is C16H16ClFN2O. The highest BCUT2D eigenvalue weighted by Crippen LogP contribution is 2.14. The van der Waals surface area contributed by atoms with E-state index in [0.717, 1.165) is 5.56 Å². The van der Waals surface area contributed by atoms with Crippen molar-refractivity contribution in [3.05, 3.63) is 64.9 Å². The van der Waals surface area contributed by atoms with Gasteiger partial charge in [-0.15, -0.1) is 0 Å². The molecule has 0 radical (unpaired) electrons. The molecule has 0 fully saturated rings. The summed E-state index contributed by atoms with van der Waals surface area (Å²) >= 11 is 5.78. The van der Waals surface area contributed by atoms with Crippen LogP contribution in [0.3, 0.4) is 0 Å². The summed E-state index contributed by atoms with van der Waals surface area (Å²) in [6.07, 6.45) is 0. The summed E-state index contributed by atoms with van der Waals surface area (Å²) in [5, 5.41) is 6.42. The molecule has 0 heterocycles. The van der Waals surface area contributed by atoms with Gasteiger partial charge in [0.25, 0.3) is 0 Å². The summed E-state index contributed by atoms with van der Waals surface area (Å²) in [7, 11) is 0. The number of halogens is 2. The second-order valence-corrected chi connectivity index (χ2v) is 5.15. The van der Waals surface area contributed by atoms with E-state index in [-0.39, 0.29) is 24.3 Å². The molecule has 0 bridgehead atoms. The summed E-state index contributed by atoms with van der Waals surface area (Å²) in [5.41, 5.74) is 1.49. The molecule has 1 amide bonds. The van der Waals surface area contributed by atoms with Crippen LogP contribution in [-0.2, 0) is 4.79 Å². The zero-order valence-electron chi connectivity index (χ0n) is 11.6. The summed E-state index contributed by atoms with van der Waals surface area (Å²) in [6, 6.07) is 13.1. The van der Waals surface area contributed by atoms with Gasteiger partial charge in [0, 0.05) is 16.8 Å². The van der Waals surface area contributed by atoms with Gasteiger partial charge in [-0.25, -0.2) is 4.39 Å². The van der Waals surface area contributed by atoms with Crippen LogP contribution in [0.25, 0.3) is 0 Å². The second kappa shape index (κ2) is 7.20. The molecule has 2 aromatic rings. The van der Waals surface area contributed by atoms with E-state index in [4.69, 9.17) is 11.6 Å². The van der Waals surface area contributed by atoms with E-state index < -0.39 is 0 Å². The van der Waals surface area contributed by atoms with E-state index in [1.54, 1.807) is 30.3 Å². The van der Waals surface area contributed by atoms with Crippen LogP contribution in [0, 0.1) is 5.82 Å². The van der Waals surface area contributed by atoms with Crippen LogP contribution in [-0.4, -0.2) is 12.5 Å². The first-order valence-corrected chi connectivity index (χ1v) is 6.96. The number of anilines is 1. The van der Waals surface area contributed by atoms with Crippen LogP contribution in [0.2, 0.25) is 5.02 Å². The molecular weight excluding hydrogens is 291 g/mol. The molecule has 0 saturated heterocycles. The molecule has 0 spiro atoms. The van der Waals surface area contributed by atoms with Gasteiger partial charge < -0.3 is 10.6 Å². The van der Waals surface area contributed by atoms with Crippen molar-refractivity contribution in [3.8, 4) is 0 Å². The molecule has 2 aromatic carbocycles. The third-order valence-electron chi connectivity index (χ3n) is 3.05. The lowest BCUT2D eigenvalue weighted by Crippen LogP contribution is -2.30. The summed E-state index contributed by atoms with van der Waals surface area (Å²) < 4.78 is 13.1. The third-order valence-corrected chi connectivity index (χ3v) is 3.30. The predicted octanol–water partition coefficient (Wildman–Crippen LogP) is 3.77. The minimum absolute atomic E-state index is 0.114. The Morgan fingerprint density at radius 2 is 1.95 bits per heavy atom. The Morgan fingerprint density at radius 3 is 2.62 bits per heavy atom. The Morgan fingerprint density at radius 1 is 1.24 bits per heavy atom. The van der Waals surface area contributed by atoms with Gasteiger partial charge in [0.15, 0.2) is 0 Å². The fourth-order valence-electron chi connectivity index (χ4n) is 1.88. The molecule has 0 aliphatic heterocycles. The van der Waals surface area contributed by atoms with Crippen molar-refractivity contribution in [1.29, 1.82) is 0 Å². The zero-order chi connectivity index (χ0) is 15.2. The number of nitrogens with one attached hydrogen (secondary N) is 2. The highest BCUT2D eigenvalue weighted by Gasteiger charge is 2.08. The Labute approximate surface area is 128 Å². The van der Waals surface area contributed by atoms with E-state index in [1.807, 2.05) is 13.0 Å². The highest BCUT2D eigenvalue weighted by molar-refractivity contribution is 6.30. The lowest BCUT2D eigenvalue weighted by atomic mass is 10.1. The van der Waals surface area contributed by atoms with Gasteiger partial charge in [0.1, 0.15) is 5.82 Å². The van der Waals surface area contributed by atoms with Crippen LogP contribution in [0.5, 0.6) is 0 Å². The molecule has 2 rings (SSSR count). The van der Waals surface area contributed by atoms with Crippen LogP contribution >= 0.6 is 11.6 Å². The maximum Gasteiger partial charge on any atom is 0.238 e. The smallest absolute Gasteiger partial charge is 0.238 e. The monoisotopic (exact) mass is 306 g/mol. The molecule has 2 N–H and O–H groups in total. The van der Waals surface area contributed by atoms with E-state index in [2.05, 4.69) is 10.6 Å². The number of hydrogen-bond donors (Lipinski definition) is 2. The van der Waals surface area contributed by atoms with Crippen molar-refractivity contribution >= 4 is 23.2 Å². The average Bonchev–Trinajstić information content (AvgIpc) is 2.47. The number of hydrogen-bond acceptors (Lipinski definition) is 2. The van der Waals surface area contributed by atoms with Gasteiger partial charge in [0.05, 0.1) is 6.54 Å². The number of carbonyl (C=O) groups is 1. The maximum absolute atomic E-state index is 13.1. The summed E-state index contributed by atoms with van der Waals surface area (Å²) in [6.45, 7) is 2.02. The maximum atomic E-state index is 13.1. The topological polar surface area (TPSA) is 41.1 Å². The highest BCUT2D eigenvalue weighted by atomic mass is 35.5. The van der Waals surface area contributed by atoms with Crippen molar-refractivity contribution in [2.45, 2.75) is 13.0 Å². The molecule has 1 atom stereocenters. The molecule has 0 saturated carbocycles. The van der Waals surface area contributed by atoms with Crippen LogP contribution < -0.4 is 10.6 Å². The van der Waals surface area contributed by atoms with Gasteiger partial charge in [0.2, 0.25) is 5.91 Å². The van der Waals surface area contributed by atoms with Crippen LogP contribution in [0.15, 0.2) is 48.5 Å². The van der Waals surface area contributed by atoms with Gasteiger partial charge in [-0.3, -0.25) is 4.79 Å². The minimum atomic E-state index is -0.285. The first-order chi connectivity index (χ1) is 10.0. The fraction of sp³-hybridized carbons (Fsp3) is 0.188. The Hall–Kier alpha value is -1.91. The van der Waals surface area contributed by atoms with Gasteiger partial charge in [-0.05, 0) is 48.9 Å². The SMILES string of the molecule is CC(NCC(=O)Nc1ccc(Cl)cc1)c1cccc(F)c1. The van der Waals surface area contributed by atoms with Crippen molar-refractivity contribution in [2.24, 2.45) is 0 Å². The van der Waals surface area contributed by atoms with Gasteiger partial charge >= 0.3 is 0 Å². The van der Waals surface area contributed by atoms with E-state index in [1.165, 1.54) is 12.1 Å². The van der Waals surface area contributed by atoms with E-state index >= 15 is 0 Å². The average molecular weight is 307 g/mol. The molecule has 1 unspecified atom stereocenters. The minimum Gasteiger partial charge on any atom is -0.325 e.